The van der Waals surface area contributed by atoms with Gasteiger partial charge in [-0.05, 0) is 16.7 Å². The third-order valence-corrected chi connectivity index (χ3v) is 3.89. The Labute approximate surface area is 145 Å². The number of methoxy groups -OCH3 is 1. The van der Waals surface area contributed by atoms with E-state index in [9.17, 15) is 4.79 Å². The first-order valence-corrected chi connectivity index (χ1v) is 7.68. The third-order valence-electron chi connectivity index (χ3n) is 3.89. The Kier molecular flexibility index (Phi) is 5.01. The standard InChI is InChI=1S/C19H17N3O3/c1-25-19-20-11-16(12-21-19)13-7-9-15(10-8-13)17(18(23)22-24)14-5-3-2-4-6-14/h2-12,17,24H,1H3,(H,22,23). The minimum atomic E-state index is -0.590. The van der Waals surface area contributed by atoms with Crippen LogP contribution in [0.3, 0.4) is 0 Å². The predicted octanol–water partition coefficient (Wildman–Crippen LogP) is 2.79. The van der Waals surface area contributed by atoms with Gasteiger partial charge in [-0.3, -0.25) is 10.0 Å². The second-order valence-corrected chi connectivity index (χ2v) is 5.40. The van der Waals surface area contributed by atoms with Gasteiger partial charge in [-0.2, -0.15) is 0 Å². The Morgan fingerprint density at radius 3 is 2.12 bits per heavy atom. The summed E-state index contributed by atoms with van der Waals surface area (Å²) in [4.78, 5) is 20.3. The van der Waals surface area contributed by atoms with E-state index in [1.54, 1.807) is 17.9 Å². The van der Waals surface area contributed by atoms with Crippen molar-refractivity contribution in [3.8, 4) is 17.1 Å². The summed E-state index contributed by atoms with van der Waals surface area (Å²) in [5.41, 5.74) is 5.08. The van der Waals surface area contributed by atoms with E-state index < -0.39 is 11.8 Å². The maximum Gasteiger partial charge on any atom is 0.316 e. The van der Waals surface area contributed by atoms with Crippen LogP contribution in [0.1, 0.15) is 17.0 Å². The number of hydrogen-bond acceptors (Lipinski definition) is 5. The molecule has 1 atom stereocenters. The molecule has 0 aliphatic carbocycles. The topological polar surface area (TPSA) is 84.3 Å². The lowest BCUT2D eigenvalue weighted by Crippen LogP contribution is -2.27. The zero-order valence-electron chi connectivity index (χ0n) is 13.6. The number of nitrogens with zero attached hydrogens (tertiary/aromatic N) is 2. The van der Waals surface area contributed by atoms with E-state index in [2.05, 4.69) is 9.97 Å². The molecule has 1 heterocycles. The van der Waals surface area contributed by atoms with Gasteiger partial charge in [0.25, 0.3) is 5.91 Å². The van der Waals surface area contributed by atoms with Crippen LogP contribution in [0.2, 0.25) is 0 Å². The molecule has 0 spiro atoms. The van der Waals surface area contributed by atoms with Crippen LogP contribution in [-0.2, 0) is 4.79 Å². The van der Waals surface area contributed by atoms with Crippen LogP contribution in [0.15, 0.2) is 67.0 Å². The van der Waals surface area contributed by atoms with E-state index in [-0.39, 0.29) is 0 Å². The molecule has 2 aromatic carbocycles. The highest BCUT2D eigenvalue weighted by Crippen LogP contribution is 2.27. The number of nitrogens with one attached hydrogen (secondary N) is 1. The van der Waals surface area contributed by atoms with Crippen LogP contribution in [0.4, 0.5) is 0 Å². The van der Waals surface area contributed by atoms with Crippen LogP contribution in [0.25, 0.3) is 11.1 Å². The fourth-order valence-electron chi connectivity index (χ4n) is 2.64. The number of amides is 1. The smallest absolute Gasteiger partial charge is 0.316 e. The number of benzene rings is 2. The molecule has 1 aromatic heterocycles. The molecular formula is C19H17N3O3. The minimum absolute atomic E-state index is 0.309. The van der Waals surface area contributed by atoms with Crippen LogP contribution < -0.4 is 10.2 Å². The van der Waals surface area contributed by atoms with Crippen molar-refractivity contribution in [1.82, 2.24) is 15.4 Å². The van der Waals surface area contributed by atoms with Crippen molar-refractivity contribution in [2.75, 3.05) is 7.11 Å². The summed E-state index contributed by atoms with van der Waals surface area (Å²) in [5.74, 6) is -1.07. The van der Waals surface area contributed by atoms with Crippen molar-refractivity contribution in [2.45, 2.75) is 5.92 Å². The third kappa shape index (κ3) is 3.64. The Hall–Kier alpha value is -3.25. The molecule has 3 aromatic rings. The summed E-state index contributed by atoms with van der Waals surface area (Å²) in [5, 5.41) is 9.08. The number of hydrogen-bond donors (Lipinski definition) is 2. The normalized spacial score (nSPS) is 11.6. The summed E-state index contributed by atoms with van der Waals surface area (Å²) in [7, 11) is 1.51. The monoisotopic (exact) mass is 335 g/mol. The molecule has 6 heteroatoms. The Bertz CT molecular complexity index is 834. The predicted molar refractivity (Wildman–Crippen MR) is 92.2 cm³/mol. The first kappa shape index (κ1) is 16.6. The lowest BCUT2D eigenvalue weighted by molar-refractivity contribution is -0.129. The molecule has 0 saturated heterocycles. The maximum absolute atomic E-state index is 12.1. The van der Waals surface area contributed by atoms with Crippen LogP contribution in [-0.4, -0.2) is 28.2 Å². The molecule has 0 aliphatic heterocycles. The van der Waals surface area contributed by atoms with Gasteiger partial charge in [0.2, 0.25) is 0 Å². The molecule has 0 bridgehead atoms. The Morgan fingerprint density at radius 1 is 0.960 bits per heavy atom. The molecule has 6 nitrogen and oxygen atoms in total. The number of carbonyl (C=O) groups is 1. The molecule has 0 aliphatic rings. The van der Waals surface area contributed by atoms with Gasteiger partial charge in [0.05, 0.1) is 13.0 Å². The lowest BCUT2D eigenvalue weighted by Gasteiger charge is -2.16. The molecule has 1 unspecified atom stereocenters. The molecule has 3 rings (SSSR count). The highest BCUT2D eigenvalue weighted by molar-refractivity contribution is 5.86. The van der Waals surface area contributed by atoms with Crippen LogP contribution in [0, 0.1) is 0 Å². The molecule has 0 saturated carbocycles. The van der Waals surface area contributed by atoms with Crippen molar-refractivity contribution in [3.05, 3.63) is 78.1 Å². The fraction of sp³-hybridized carbons (Fsp3) is 0.105. The lowest BCUT2D eigenvalue weighted by atomic mass is 9.90. The number of carbonyl (C=O) groups excluding carboxylic acids is 1. The van der Waals surface area contributed by atoms with Gasteiger partial charge < -0.3 is 4.74 Å². The van der Waals surface area contributed by atoms with Crippen molar-refractivity contribution in [1.29, 1.82) is 0 Å². The van der Waals surface area contributed by atoms with Gasteiger partial charge >= 0.3 is 6.01 Å². The summed E-state index contributed by atoms with van der Waals surface area (Å²) < 4.78 is 4.95. The molecular weight excluding hydrogens is 318 g/mol. The van der Waals surface area contributed by atoms with Crippen LogP contribution in [0.5, 0.6) is 6.01 Å². The van der Waals surface area contributed by atoms with Gasteiger partial charge in [0.15, 0.2) is 0 Å². The molecule has 0 radical (unpaired) electrons. The van der Waals surface area contributed by atoms with Gasteiger partial charge in [-0.15, -0.1) is 0 Å². The van der Waals surface area contributed by atoms with Gasteiger partial charge in [0.1, 0.15) is 0 Å². The minimum Gasteiger partial charge on any atom is -0.467 e. The second kappa shape index (κ2) is 7.55. The summed E-state index contributed by atoms with van der Waals surface area (Å²) in [6, 6.07) is 17.1. The van der Waals surface area contributed by atoms with Crippen molar-refractivity contribution < 1.29 is 14.7 Å². The van der Waals surface area contributed by atoms with E-state index >= 15 is 0 Å². The number of ether oxygens (including phenoxy) is 1. The van der Waals surface area contributed by atoms with Gasteiger partial charge in [-0.25, -0.2) is 15.4 Å². The van der Waals surface area contributed by atoms with E-state index in [4.69, 9.17) is 9.94 Å². The van der Waals surface area contributed by atoms with E-state index in [1.165, 1.54) is 7.11 Å². The molecule has 126 valence electrons. The quantitative estimate of drug-likeness (QED) is 0.553. The zero-order valence-corrected chi connectivity index (χ0v) is 13.6. The van der Waals surface area contributed by atoms with Crippen molar-refractivity contribution in [3.63, 3.8) is 0 Å². The van der Waals surface area contributed by atoms with E-state index in [0.717, 1.165) is 22.3 Å². The van der Waals surface area contributed by atoms with Gasteiger partial charge in [0, 0.05) is 18.0 Å². The Morgan fingerprint density at radius 2 is 1.56 bits per heavy atom. The Balaban J connectivity index is 1.92. The average molecular weight is 335 g/mol. The number of aromatic nitrogens is 2. The van der Waals surface area contributed by atoms with Crippen LogP contribution >= 0.6 is 0 Å². The molecule has 2 N–H and O–H groups in total. The SMILES string of the molecule is COc1ncc(-c2ccc(C(C(=O)NO)c3ccccc3)cc2)cn1. The fourth-order valence-corrected chi connectivity index (χ4v) is 2.64. The highest BCUT2D eigenvalue weighted by atomic mass is 16.5. The summed E-state index contributed by atoms with van der Waals surface area (Å²) in [6.07, 6.45) is 3.35. The first-order chi connectivity index (χ1) is 12.2. The van der Waals surface area contributed by atoms with E-state index in [1.807, 2.05) is 54.6 Å². The molecule has 1 amide bonds. The van der Waals surface area contributed by atoms with Crippen molar-refractivity contribution >= 4 is 5.91 Å². The molecule has 0 fully saturated rings. The summed E-state index contributed by atoms with van der Waals surface area (Å²) >= 11 is 0. The first-order valence-electron chi connectivity index (χ1n) is 7.68. The largest absolute Gasteiger partial charge is 0.467 e. The average Bonchev–Trinajstić information content (AvgIpc) is 2.69. The number of rotatable bonds is 5. The zero-order chi connectivity index (χ0) is 17.6. The second-order valence-electron chi connectivity index (χ2n) is 5.40. The van der Waals surface area contributed by atoms with Gasteiger partial charge in [-0.1, -0.05) is 54.6 Å². The van der Waals surface area contributed by atoms with Crippen molar-refractivity contribution in [2.24, 2.45) is 0 Å². The summed E-state index contributed by atoms with van der Waals surface area (Å²) in [6.45, 7) is 0. The number of hydroxylamine groups is 1. The van der Waals surface area contributed by atoms with E-state index in [0.29, 0.717) is 6.01 Å². The maximum atomic E-state index is 12.1. The molecule has 25 heavy (non-hydrogen) atoms. The highest BCUT2D eigenvalue weighted by Gasteiger charge is 2.22.